The summed E-state index contributed by atoms with van der Waals surface area (Å²) < 4.78 is 5.58. The van der Waals surface area contributed by atoms with Crippen molar-refractivity contribution in [2.45, 2.75) is 32.8 Å². The topological polar surface area (TPSA) is 88.5 Å². The van der Waals surface area contributed by atoms with E-state index in [9.17, 15) is 14.7 Å². The molecule has 2 N–H and O–H groups in total. The van der Waals surface area contributed by atoms with E-state index in [0.29, 0.717) is 16.1 Å². The normalized spacial score (nSPS) is 17.0. The van der Waals surface area contributed by atoms with Gasteiger partial charge in [0.05, 0.1) is 11.8 Å². The van der Waals surface area contributed by atoms with E-state index >= 15 is 0 Å². The lowest BCUT2D eigenvalue weighted by Crippen LogP contribution is -2.12. The molecular weight excluding hydrogens is 328 g/mol. The van der Waals surface area contributed by atoms with Gasteiger partial charge in [-0.15, -0.1) is 11.3 Å². The molecule has 1 unspecified atom stereocenters. The van der Waals surface area contributed by atoms with Gasteiger partial charge >= 0.3 is 5.97 Å². The Bertz CT molecular complexity index is 794. The quantitative estimate of drug-likeness (QED) is 0.883. The highest BCUT2D eigenvalue weighted by molar-refractivity contribution is 7.13. The van der Waals surface area contributed by atoms with E-state index in [0.717, 1.165) is 30.0 Å². The predicted octanol–water partition coefficient (Wildman–Crippen LogP) is 3.56. The second-order valence-electron chi connectivity index (χ2n) is 5.81. The number of rotatable bonds is 4. The zero-order valence-corrected chi connectivity index (χ0v) is 14.3. The molecule has 0 saturated carbocycles. The number of aromatic nitrogens is 1. The van der Waals surface area contributed by atoms with E-state index in [1.165, 1.54) is 17.4 Å². The Morgan fingerprint density at radius 1 is 1.33 bits per heavy atom. The smallest absolute Gasteiger partial charge is 0.336 e. The van der Waals surface area contributed by atoms with Crippen LogP contribution in [-0.2, 0) is 4.74 Å². The Morgan fingerprint density at radius 3 is 2.79 bits per heavy atom. The highest BCUT2D eigenvalue weighted by atomic mass is 32.1. The number of hydrogen-bond donors (Lipinski definition) is 2. The van der Waals surface area contributed by atoms with Crippen LogP contribution in [0.3, 0.4) is 0 Å². The lowest BCUT2D eigenvalue weighted by atomic mass is 10.0. The molecule has 6 nitrogen and oxygen atoms in total. The van der Waals surface area contributed by atoms with Gasteiger partial charge in [-0.2, -0.15) is 0 Å². The van der Waals surface area contributed by atoms with Gasteiger partial charge < -0.3 is 15.2 Å². The summed E-state index contributed by atoms with van der Waals surface area (Å²) >= 11 is 1.31. The zero-order chi connectivity index (χ0) is 17.3. The lowest BCUT2D eigenvalue weighted by Gasteiger charge is -2.10. The number of ether oxygens (including phenoxy) is 1. The molecule has 0 aliphatic carbocycles. The maximum atomic E-state index is 12.4. The summed E-state index contributed by atoms with van der Waals surface area (Å²) in [6.07, 6.45) is 3.45. The monoisotopic (exact) mass is 346 g/mol. The number of carbonyl (C=O) groups is 2. The fourth-order valence-electron chi connectivity index (χ4n) is 2.72. The molecule has 24 heavy (non-hydrogen) atoms. The SMILES string of the molecule is Cc1cc(C)c(C(=O)O)cc1NC(=O)c1cnc(C2CCCO2)s1. The van der Waals surface area contributed by atoms with Crippen molar-refractivity contribution in [2.75, 3.05) is 11.9 Å². The third-order valence-corrected chi connectivity index (χ3v) is 5.09. The first-order valence-electron chi connectivity index (χ1n) is 7.69. The Labute approximate surface area is 143 Å². The molecule has 1 fully saturated rings. The molecule has 1 atom stereocenters. The molecule has 1 aromatic carbocycles. The number of amides is 1. The Hall–Kier alpha value is -2.25. The first-order chi connectivity index (χ1) is 11.5. The van der Waals surface area contributed by atoms with Crippen LogP contribution in [-0.4, -0.2) is 28.6 Å². The summed E-state index contributed by atoms with van der Waals surface area (Å²) in [7, 11) is 0. The van der Waals surface area contributed by atoms with Crippen molar-refractivity contribution in [1.82, 2.24) is 4.98 Å². The maximum absolute atomic E-state index is 12.4. The number of benzene rings is 1. The van der Waals surface area contributed by atoms with E-state index in [1.807, 2.05) is 6.92 Å². The van der Waals surface area contributed by atoms with Crippen molar-refractivity contribution in [2.24, 2.45) is 0 Å². The van der Waals surface area contributed by atoms with Crippen molar-refractivity contribution in [1.29, 1.82) is 0 Å². The third-order valence-electron chi connectivity index (χ3n) is 4.00. The number of thiazole rings is 1. The average Bonchev–Trinajstić information content (AvgIpc) is 3.19. The predicted molar refractivity (Wildman–Crippen MR) is 90.9 cm³/mol. The van der Waals surface area contributed by atoms with Crippen molar-refractivity contribution < 1.29 is 19.4 Å². The molecular formula is C17H18N2O4S. The summed E-state index contributed by atoms with van der Waals surface area (Å²) in [5, 5.41) is 12.8. The third kappa shape index (κ3) is 3.32. The second-order valence-corrected chi connectivity index (χ2v) is 6.87. The standard InChI is InChI=1S/C17H18N2O4S/c1-9-6-10(2)12(7-11(9)17(21)22)19-15(20)14-8-18-16(24-14)13-4-3-5-23-13/h6-8,13H,3-5H2,1-2H3,(H,19,20)(H,21,22). The summed E-state index contributed by atoms with van der Waals surface area (Å²) in [6, 6.07) is 3.25. The van der Waals surface area contributed by atoms with Crippen molar-refractivity contribution in [3.8, 4) is 0 Å². The average molecular weight is 346 g/mol. The minimum Gasteiger partial charge on any atom is -0.478 e. The molecule has 2 aromatic rings. The summed E-state index contributed by atoms with van der Waals surface area (Å²) in [5.74, 6) is -1.30. The number of aryl methyl sites for hydroxylation is 2. The van der Waals surface area contributed by atoms with Crippen molar-refractivity contribution in [3.63, 3.8) is 0 Å². The van der Waals surface area contributed by atoms with E-state index in [2.05, 4.69) is 10.3 Å². The molecule has 7 heteroatoms. The molecule has 1 aromatic heterocycles. The van der Waals surface area contributed by atoms with E-state index < -0.39 is 5.97 Å². The van der Waals surface area contributed by atoms with Gasteiger partial charge in [0.1, 0.15) is 16.0 Å². The highest BCUT2D eigenvalue weighted by Crippen LogP contribution is 2.31. The van der Waals surface area contributed by atoms with Crippen LogP contribution in [0.2, 0.25) is 0 Å². The van der Waals surface area contributed by atoms with Crippen LogP contribution < -0.4 is 5.32 Å². The molecule has 2 heterocycles. The van der Waals surface area contributed by atoms with Crippen molar-refractivity contribution in [3.05, 3.63) is 44.9 Å². The number of aromatic carboxylic acids is 1. The molecule has 1 aliphatic heterocycles. The molecule has 3 rings (SSSR count). The molecule has 0 bridgehead atoms. The van der Waals surface area contributed by atoms with Crippen LogP contribution in [0.5, 0.6) is 0 Å². The van der Waals surface area contributed by atoms with Crippen LogP contribution in [0.1, 0.15) is 55.1 Å². The number of nitrogens with one attached hydrogen (secondary N) is 1. The Balaban J connectivity index is 1.79. The lowest BCUT2D eigenvalue weighted by molar-refractivity contribution is 0.0695. The maximum Gasteiger partial charge on any atom is 0.336 e. The number of carboxylic acids is 1. The summed E-state index contributed by atoms with van der Waals surface area (Å²) in [6.45, 7) is 4.30. The van der Waals surface area contributed by atoms with Gasteiger partial charge in [0, 0.05) is 12.3 Å². The molecule has 126 valence electrons. The number of carboxylic acid groups (broad SMARTS) is 1. The molecule has 1 amide bonds. The minimum atomic E-state index is -1.01. The second kappa shape index (κ2) is 6.70. The van der Waals surface area contributed by atoms with Gasteiger partial charge in [0.15, 0.2) is 0 Å². The van der Waals surface area contributed by atoms with Gasteiger partial charge in [-0.05, 0) is 43.9 Å². The first kappa shape index (κ1) is 16.6. The minimum absolute atomic E-state index is 0.0173. The Kier molecular flexibility index (Phi) is 4.64. The van der Waals surface area contributed by atoms with Gasteiger partial charge in [-0.1, -0.05) is 6.07 Å². The van der Waals surface area contributed by atoms with Crippen LogP contribution in [0.4, 0.5) is 5.69 Å². The van der Waals surface area contributed by atoms with Crippen LogP contribution in [0.25, 0.3) is 0 Å². The fraction of sp³-hybridized carbons (Fsp3) is 0.353. The molecule has 0 radical (unpaired) electrons. The fourth-order valence-corrected chi connectivity index (χ4v) is 3.61. The largest absolute Gasteiger partial charge is 0.478 e. The molecule has 1 saturated heterocycles. The number of hydrogen-bond acceptors (Lipinski definition) is 5. The van der Waals surface area contributed by atoms with Crippen LogP contribution in [0.15, 0.2) is 18.3 Å². The number of nitrogens with zero attached hydrogens (tertiary/aromatic N) is 1. The first-order valence-corrected chi connectivity index (χ1v) is 8.50. The highest BCUT2D eigenvalue weighted by Gasteiger charge is 2.22. The Morgan fingerprint density at radius 2 is 2.12 bits per heavy atom. The van der Waals surface area contributed by atoms with Gasteiger partial charge in [0.2, 0.25) is 0 Å². The van der Waals surface area contributed by atoms with Crippen molar-refractivity contribution >= 4 is 28.9 Å². The summed E-state index contributed by atoms with van der Waals surface area (Å²) in [4.78, 5) is 28.5. The molecule has 0 spiro atoms. The van der Waals surface area contributed by atoms with Gasteiger partial charge in [0.25, 0.3) is 5.91 Å². The van der Waals surface area contributed by atoms with Crippen LogP contribution in [0, 0.1) is 13.8 Å². The van der Waals surface area contributed by atoms with Crippen LogP contribution >= 0.6 is 11.3 Å². The van der Waals surface area contributed by atoms with E-state index in [4.69, 9.17) is 4.74 Å². The number of anilines is 1. The number of carbonyl (C=O) groups excluding carboxylic acids is 1. The van der Waals surface area contributed by atoms with Gasteiger partial charge in [-0.25, -0.2) is 9.78 Å². The van der Waals surface area contributed by atoms with Gasteiger partial charge in [-0.3, -0.25) is 4.79 Å². The van der Waals surface area contributed by atoms with E-state index in [-0.39, 0.29) is 17.6 Å². The summed E-state index contributed by atoms with van der Waals surface area (Å²) in [5.41, 5.74) is 2.15. The van der Waals surface area contributed by atoms with E-state index in [1.54, 1.807) is 19.2 Å². The zero-order valence-electron chi connectivity index (χ0n) is 13.5. The molecule has 1 aliphatic rings.